The first kappa shape index (κ1) is 23.5. The van der Waals surface area contributed by atoms with Crippen molar-refractivity contribution >= 4 is 9.17 Å². The first-order valence-electron chi connectivity index (χ1n) is 0.651. The molecule has 0 amide bonds. The number of rotatable bonds is 0. The zero-order valence-electron chi connectivity index (χ0n) is 5.80. The maximum atomic E-state index is 8.74. The third kappa shape index (κ3) is 91.9. The van der Waals surface area contributed by atoms with Crippen LogP contribution in [0, 0.1) is 7.43 Å². The van der Waals surface area contributed by atoms with Gasteiger partial charge in [0.1, 0.15) is 0 Å². The van der Waals surface area contributed by atoms with Gasteiger partial charge < -0.3 is 18.4 Å². The van der Waals surface area contributed by atoms with Gasteiger partial charge in [0, 0.05) is 0 Å². The van der Waals surface area contributed by atoms with Crippen molar-refractivity contribution in [3.8, 4) is 0 Å². The first-order valence-corrected chi connectivity index (χ1v) is 1.95. The summed E-state index contributed by atoms with van der Waals surface area (Å²) in [5, 5.41) is 0. The molecule has 0 rings (SSSR count). The summed E-state index contributed by atoms with van der Waals surface area (Å²) >= 11 is 0. The van der Waals surface area contributed by atoms with Crippen LogP contribution >= 0.6 is 0 Å². The van der Waals surface area contributed by atoms with E-state index in [0.717, 1.165) is 0 Å². The van der Waals surface area contributed by atoms with Gasteiger partial charge in [0.15, 0.2) is 0 Å². The summed E-state index contributed by atoms with van der Waals surface area (Å²) in [5.74, 6) is 0. The smallest absolute Gasteiger partial charge is 1.00 e. The predicted octanol–water partition coefficient (Wildman–Crippen LogP) is -7.04. The van der Waals surface area contributed by atoms with Crippen LogP contribution in [0.15, 0.2) is 0 Å². The van der Waals surface area contributed by atoms with Crippen LogP contribution in [0.25, 0.3) is 0 Å². The van der Waals surface area contributed by atoms with Crippen molar-refractivity contribution in [2.75, 3.05) is 0 Å². The van der Waals surface area contributed by atoms with Crippen LogP contribution in [-0.2, 0) is 4.46 Å². The molecular weight excluding hydrogens is 134 g/mol. The van der Waals surface area contributed by atoms with E-state index in [2.05, 4.69) is 0 Å². The van der Waals surface area contributed by atoms with Gasteiger partial charge in [0.25, 0.3) is 0 Å². The van der Waals surface area contributed by atoms with Crippen LogP contribution < -0.4 is 59.1 Å². The fourth-order valence-electron chi connectivity index (χ4n) is 0. The Labute approximate surface area is 90.1 Å². The topological polar surface area (TPSA) is 57.5 Å². The Kier molecular flexibility index (Phi) is 52.4. The van der Waals surface area contributed by atoms with Crippen molar-refractivity contribution in [1.29, 1.82) is 0 Å². The number of hydrogen-bond donors (Lipinski definition) is 2. The van der Waals surface area contributed by atoms with Crippen LogP contribution in [0.4, 0.5) is 0 Å². The van der Waals surface area contributed by atoms with Gasteiger partial charge in [0.05, 0.1) is 0 Å². The molecule has 2 N–H and O–H groups in total. The van der Waals surface area contributed by atoms with Gasteiger partial charge in [-0.3, -0.25) is 4.46 Å². The maximum Gasteiger partial charge on any atom is 1.00 e. The van der Waals surface area contributed by atoms with Gasteiger partial charge in [0.2, 0.25) is 0 Å². The Hall–Kier alpha value is 1.62. The molecule has 0 bridgehead atoms. The molecule has 0 saturated carbocycles. The zero-order valence-corrected chi connectivity index (χ0v) is 9.80. The van der Waals surface area contributed by atoms with E-state index in [0.29, 0.717) is 0 Å². The number of hydrogen-bond acceptors (Lipinski definition) is 1. The predicted molar refractivity (Wildman–Crippen MR) is 18.4 cm³/mol. The molecular formula is CH6Na2O3Si. The second-order valence-corrected chi connectivity index (χ2v) is 0.848. The molecule has 0 atom stereocenters. The molecule has 0 unspecified atom stereocenters. The Bertz CT molecular complexity index is 40.3. The molecule has 0 aliphatic rings. The normalized spacial score (nSPS) is 3.43. The van der Waals surface area contributed by atoms with E-state index in [4.69, 9.17) is 14.1 Å². The third-order valence-corrected chi connectivity index (χ3v) is 0. The summed E-state index contributed by atoms with van der Waals surface area (Å²) in [6.07, 6.45) is 0. The van der Waals surface area contributed by atoms with Gasteiger partial charge in [-0.2, -0.15) is 0 Å². The molecule has 0 saturated heterocycles. The van der Waals surface area contributed by atoms with Crippen LogP contribution in [0.2, 0.25) is 0 Å². The Balaban J connectivity index is -0.00000000750. The second-order valence-electron chi connectivity index (χ2n) is 0.283. The van der Waals surface area contributed by atoms with Crippen LogP contribution in [0.3, 0.4) is 0 Å². The van der Waals surface area contributed by atoms with Crippen LogP contribution in [-0.4, -0.2) is 18.8 Å². The molecule has 6 heteroatoms. The molecule has 0 radical (unpaired) electrons. The minimum absolute atomic E-state index is 0. The summed E-state index contributed by atoms with van der Waals surface area (Å²) in [6.45, 7) is 0. The van der Waals surface area contributed by atoms with E-state index >= 15 is 0 Å². The van der Waals surface area contributed by atoms with E-state index in [1.165, 1.54) is 0 Å². The second kappa shape index (κ2) is 15.6. The molecule has 7 heavy (non-hydrogen) atoms. The largest absolute Gasteiger partial charge is 1.00 e. The molecule has 0 aromatic rings. The van der Waals surface area contributed by atoms with Crippen molar-refractivity contribution in [3.63, 3.8) is 0 Å². The maximum absolute atomic E-state index is 8.74. The van der Waals surface area contributed by atoms with E-state index in [1.54, 1.807) is 0 Å². The van der Waals surface area contributed by atoms with Crippen LogP contribution in [0.5, 0.6) is 0 Å². The fourth-order valence-corrected chi connectivity index (χ4v) is 0. The Morgan fingerprint density at radius 1 is 1.29 bits per heavy atom. The average molecular weight is 140 g/mol. The molecule has 0 heterocycles. The minimum atomic E-state index is -3.13. The zero-order chi connectivity index (χ0) is 3.58. The monoisotopic (exact) mass is 140 g/mol. The van der Waals surface area contributed by atoms with Gasteiger partial charge in [-0.05, 0) is 0 Å². The van der Waals surface area contributed by atoms with Gasteiger partial charge in [-0.1, -0.05) is 0 Å². The van der Waals surface area contributed by atoms with E-state index in [9.17, 15) is 0 Å². The summed E-state index contributed by atoms with van der Waals surface area (Å²) in [5.41, 5.74) is 0. The molecule has 0 aromatic heterocycles. The Morgan fingerprint density at radius 3 is 1.29 bits per heavy atom. The molecule has 0 spiro atoms. The molecule has 0 aromatic carbocycles. The Morgan fingerprint density at radius 2 is 1.29 bits per heavy atom. The van der Waals surface area contributed by atoms with E-state index in [-0.39, 0.29) is 68.0 Å². The fraction of sp³-hybridized carbons (Fsp3) is 0. The van der Waals surface area contributed by atoms with Gasteiger partial charge in [-0.25, -0.2) is 0 Å². The summed E-state index contributed by atoms with van der Waals surface area (Å²) < 4.78 is 8.74. The molecule has 34 valence electrons. The average Bonchev–Trinajstić information content (AvgIpc) is 0.811. The molecule has 0 fully saturated rings. The SMILES string of the molecule is O=[Si](O)O.[CH3-].[H-].[Na+].[Na+]. The summed E-state index contributed by atoms with van der Waals surface area (Å²) in [7, 11) is -3.13. The van der Waals surface area contributed by atoms with Crippen molar-refractivity contribution < 1.29 is 74.6 Å². The molecule has 0 aliphatic carbocycles. The van der Waals surface area contributed by atoms with Crippen molar-refractivity contribution in [2.45, 2.75) is 0 Å². The minimum Gasteiger partial charge on any atom is -1.00 e. The third-order valence-electron chi connectivity index (χ3n) is 0. The van der Waals surface area contributed by atoms with Crippen molar-refractivity contribution in [2.24, 2.45) is 0 Å². The quantitative estimate of drug-likeness (QED) is 0.260. The summed E-state index contributed by atoms with van der Waals surface area (Å²) in [4.78, 5) is 14.3. The standard InChI is InChI=1S/CH3.2Na.H2O3Si.H/c;;;1-4(2)3;/h1H3;;;1-2H;/q-1;2*+1;;-1. The van der Waals surface area contributed by atoms with Gasteiger partial charge >= 0.3 is 68.3 Å². The van der Waals surface area contributed by atoms with Gasteiger partial charge in [-0.15, -0.1) is 0 Å². The first-order chi connectivity index (χ1) is 1.73. The molecule has 0 aliphatic heterocycles. The van der Waals surface area contributed by atoms with Crippen molar-refractivity contribution in [3.05, 3.63) is 7.43 Å². The molecule has 3 nitrogen and oxygen atoms in total. The van der Waals surface area contributed by atoms with E-state index < -0.39 is 9.17 Å². The van der Waals surface area contributed by atoms with E-state index in [1.807, 2.05) is 0 Å². The van der Waals surface area contributed by atoms with Crippen LogP contribution in [0.1, 0.15) is 1.43 Å². The summed E-state index contributed by atoms with van der Waals surface area (Å²) in [6, 6.07) is 0. The van der Waals surface area contributed by atoms with Crippen molar-refractivity contribution in [1.82, 2.24) is 0 Å².